The largest absolute Gasteiger partial charge is 0.425 e. The molecule has 7 heteroatoms. The van der Waals surface area contributed by atoms with Crippen molar-refractivity contribution in [3.05, 3.63) is 70.1 Å². The monoisotopic (exact) mass is 365 g/mol. The molecule has 0 aliphatic carbocycles. The minimum Gasteiger partial charge on any atom is -0.425 e. The highest BCUT2D eigenvalue weighted by atomic mass is 16.5. The molecule has 1 aromatic heterocycles. The molecule has 3 rings (SSSR count). The van der Waals surface area contributed by atoms with Gasteiger partial charge in [0.15, 0.2) is 5.69 Å². The molecule has 0 unspecified atom stereocenters. The quantitative estimate of drug-likeness (QED) is 0.551. The first-order valence-corrected chi connectivity index (χ1v) is 8.47. The van der Waals surface area contributed by atoms with Gasteiger partial charge in [0.25, 0.3) is 11.5 Å². The molecule has 2 N–H and O–H groups in total. The number of primary amides is 1. The number of benzene rings is 2. The molecule has 7 nitrogen and oxygen atoms in total. The molecule has 2 aromatic carbocycles. The Balaban J connectivity index is 1.91. The molecule has 0 saturated heterocycles. The molecular formula is C20H19N3O4. The third kappa shape index (κ3) is 3.87. The fourth-order valence-corrected chi connectivity index (χ4v) is 2.75. The summed E-state index contributed by atoms with van der Waals surface area (Å²) in [5.74, 6) is -0.782. The number of rotatable bonds is 5. The Bertz CT molecular complexity index is 1090. The molecule has 138 valence electrons. The van der Waals surface area contributed by atoms with Gasteiger partial charge in [0.05, 0.1) is 5.39 Å². The molecule has 0 bridgehead atoms. The zero-order chi connectivity index (χ0) is 19.6. The SMILES string of the molecule is CC(C)c1cccc(OC(=O)Cn2nc(C(N)=O)c3ccccc3c2=O)c1. The van der Waals surface area contributed by atoms with Gasteiger partial charge in [0.1, 0.15) is 12.3 Å². The summed E-state index contributed by atoms with van der Waals surface area (Å²) < 4.78 is 6.22. The number of nitrogens with zero attached hydrogens (tertiary/aromatic N) is 2. The number of hydrogen-bond acceptors (Lipinski definition) is 5. The second kappa shape index (κ2) is 7.41. The summed E-state index contributed by atoms with van der Waals surface area (Å²) in [6, 6.07) is 13.7. The Hall–Kier alpha value is -3.48. The first kappa shape index (κ1) is 18.3. The number of esters is 1. The predicted octanol–water partition coefficient (Wildman–Crippen LogP) is 2.22. The van der Waals surface area contributed by atoms with Gasteiger partial charge in [0.2, 0.25) is 0 Å². The van der Waals surface area contributed by atoms with Crippen LogP contribution in [0.3, 0.4) is 0 Å². The van der Waals surface area contributed by atoms with Gasteiger partial charge in [-0.2, -0.15) is 5.10 Å². The zero-order valence-electron chi connectivity index (χ0n) is 15.0. The van der Waals surface area contributed by atoms with Gasteiger partial charge in [-0.25, -0.2) is 9.48 Å². The molecule has 1 heterocycles. The number of ether oxygens (including phenoxy) is 1. The van der Waals surface area contributed by atoms with Crippen molar-refractivity contribution in [2.24, 2.45) is 5.73 Å². The first-order chi connectivity index (χ1) is 12.9. The predicted molar refractivity (Wildman–Crippen MR) is 101 cm³/mol. The summed E-state index contributed by atoms with van der Waals surface area (Å²) in [4.78, 5) is 36.6. The second-order valence-electron chi connectivity index (χ2n) is 6.42. The van der Waals surface area contributed by atoms with Crippen molar-refractivity contribution < 1.29 is 14.3 Å². The summed E-state index contributed by atoms with van der Waals surface area (Å²) in [5, 5.41) is 4.57. The van der Waals surface area contributed by atoms with Crippen molar-refractivity contribution in [3.63, 3.8) is 0 Å². The van der Waals surface area contributed by atoms with Gasteiger partial charge < -0.3 is 10.5 Å². The first-order valence-electron chi connectivity index (χ1n) is 8.47. The topological polar surface area (TPSA) is 104 Å². The smallest absolute Gasteiger partial charge is 0.333 e. The Morgan fingerprint density at radius 3 is 2.48 bits per heavy atom. The van der Waals surface area contributed by atoms with Crippen LogP contribution in [0.1, 0.15) is 35.8 Å². The highest BCUT2D eigenvalue weighted by Crippen LogP contribution is 2.20. The summed E-state index contributed by atoms with van der Waals surface area (Å²) in [7, 11) is 0. The Morgan fingerprint density at radius 1 is 1.11 bits per heavy atom. The summed E-state index contributed by atoms with van der Waals surface area (Å²) in [5.41, 5.74) is 5.82. The van der Waals surface area contributed by atoms with E-state index in [1.165, 1.54) is 0 Å². The van der Waals surface area contributed by atoms with Crippen LogP contribution in [0, 0.1) is 0 Å². The lowest BCUT2D eigenvalue weighted by Crippen LogP contribution is -2.31. The fourth-order valence-electron chi connectivity index (χ4n) is 2.75. The van der Waals surface area contributed by atoms with Gasteiger partial charge in [-0.1, -0.05) is 44.2 Å². The Labute approximate surface area is 155 Å². The zero-order valence-corrected chi connectivity index (χ0v) is 15.0. The van der Waals surface area contributed by atoms with Crippen molar-refractivity contribution in [1.82, 2.24) is 9.78 Å². The maximum absolute atomic E-state index is 12.6. The molecule has 0 radical (unpaired) electrons. The lowest BCUT2D eigenvalue weighted by molar-refractivity contribution is -0.135. The number of amides is 1. The molecule has 27 heavy (non-hydrogen) atoms. The Kier molecular flexibility index (Phi) is 5.03. The number of aromatic nitrogens is 2. The van der Waals surface area contributed by atoms with E-state index in [0.29, 0.717) is 11.1 Å². The van der Waals surface area contributed by atoms with Crippen LogP contribution >= 0.6 is 0 Å². The molecule has 0 aliphatic rings. The average Bonchev–Trinajstić information content (AvgIpc) is 2.64. The Morgan fingerprint density at radius 2 is 1.81 bits per heavy atom. The molecule has 0 spiro atoms. The minimum absolute atomic E-state index is 0.0696. The fraction of sp³-hybridized carbons (Fsp3) is 0.200. The van der Waals surface area contributed by atoms with Gasteiger partial charge >= 0.3 is 5.97 Å². The average molecular weight is 365 g/mol. The van der Waals surface area contributed by atoms with Gasteiger partial charge in [-0.15, -0.1) is 0 Å². The third-order valence-electron chi connectivity index (χ3n) is 4.14. The minimum atomic E-state index is -0.780. The molecular weight excluding hydrogens is 346 g/mol. The summed E-state index contributed by atoms with van der Waals surface area (Å²) >= 11 is 0. The normalized spacial score (nSPS) is 10.9. The molecule has 1 amide bonds. The van der Waals surface area contributed by atoms with Crippen molar-refractivity contribution in [2.75, 3.05) is 0 Å². The van der Waals surface area contributed by atoms with Gasteiger partial charge in [-0.3, -0.25) is 9.59 Å². The number of fused-ring (bicyclic) bond motifs is 1. The van der Waals surface area contributed by atoms with Crippen molar-refractivity contribution in [3.8, 4) is 5.75 Å². The number of nitrogens with two attached hydrogens (primary N) is 1. The maximum Gasteiger partial charge on any atom is 0.333 e. The van der Waals surface area contributed by atoms with Crippen LogP contribution in [0.5, 0.6) is 5.75 Å². The van der Waals surface area contributed by atoms with E-state index < -0.39 is 24.0 Å². The lowest BCUT2D eigenvalue weighted by Gasteiger charge is -2.10. The van der Waals surface area contributed by atoms with Crippen molar-refractivity contribution in [1.29, 1.82) is 0 Å². The van der Waals surface area contributed by atoms with E-state index >= 15 is 0 Å². The highest BCUT2D eigenvalue weighted by Gasteiger charge is 2.17. The van der Waals surface area contributed by atoms with E-state index in [1.807, 2.05) is 19.9 Å². The van der Waals surface area contributed by atoms with Crippen molar-refractivity contribution in [2.45, 2.75) is 26.3 Å². The summed E-state index contributed by atoms with van der Waals surface area (Å²) in [6.07, 6.45) is 0. The third-order valence-corrected chi connectivity index (χ3v) is 4.14. The van der Waals surface area contributed by atoms with E-state index in [2.05, 4.69) is 5.10 Å². The number of carbonyl (C=O) groups is 2. The van der Waals surface area contributed by atoms with Crippen LogP contribution in [0.4, 0.5) is 0 Å². The standard InChI is InChI=1S/C20H19N3O4/c1-12(2)13-6-5-7-14(10-13)27-17(24)11-23-20(26)16-9-4-3-8-15(16)18(22-23)19(21)25/h3-10,12H,11H2,1-2H3,(H2,21,25). The van der Waals surface area contributed by atoms with Crippen molar-refractivity contribution >= 4 is 22.6 Å². The molecule has 3 aromatic rings. The summed E-state index contributed by atoms with van der Waals surface area (Å²) in [6.45, 7) is 3.63. The molecule has 0 aliphatic heterocycles. The van der Waals surface area contributed by atoms with E-state index in [1.54, 1.807) is 42.5 Å². The van der Waals surface area contributed by atoms with Crippen LogP contribution < -0.4 is 16.0 Å². The van der Waals surface area contributed by atoms with Gasteiger partial charge in [0, 0.05) is 5.39 Å². The van der Waals surface area contributed by atoms with E-state index in [9.17, 15) is 14.4 Å². The molecule has 0 atom stereocenters. The van der Waals surface area contributed by atoms with Crippen LogP contribution in [0.25, 0.3) is 10.8 Å². The number of carbonyl (C=O) groups excluding carboxylic acids is 2. The van der Waals surface area contributed by atoms with Crippen LogP contribution in [-0.4, -0.2) is 21.7 Å². The van der Waals surface area contributed by atoms with Crippen LogP contribution in [0.2, 0.25) is 0 Å². The van der Waals surface area contributed by atoms with E-state index in [4.69, 9.17) is 10.5 Å². The second-order valence-corrected chi connectivity index (χ2v) is 6.42. The van der Waals surface area contributed by atoms with Gasteiger partial charge in [-0.05, 0) is 29.7 Å². The number of hydrogen-bond donors (Lipinski definition) is 1. The van der Waals surface area contributed by atoms with E-state index in [-0.39, 0.29) is 17.0 Å². The maximum atomic E-state index is 12.6. The van der Waals surface area contributed by atoms with Crippen LogP contribution in [0.15, 0.2) is 53.3 Å². The van der Waals surface area contributed by atoms with E-state index in [0.717, 1.165) is 10.2 Å². The van der Waals surface area contributed by atoms with Crippen LogP contribution in [-0.2, 0) is 11.3 Å². The highest BCUT2D eigenvalue weighted by molar-refractivity contribution is 6.04. The molecule has 0 saturated carbocycles. The lowest BCUT2D eigenvalue weighted by atomic mass is 10.0. The molecule has 0 fully saturated rings.